The van der Waals surface area contributed by atoms with Crippen LogP contribution < -0.4 is 10.2 Å². The van der Waals surface area contributed by atoms with Crippen LogP contribution in [0.15, 0.2) is 78.9 Å². The summed E-state index contributed by atoms with van der Waals surface area (Å²) in [5.74, 6) is 1.52. The summed E-state index contributed by atoms with van der Waals surface area (Å²) in [6, 6.07) is 26.1. The van der Waals surface area contributed by atoms with Gasteiger partial charge in [-0.3, -0.25) is 4.79 Å². The van der Waals surface area contributed by atoms with Crippen LogP contribution >= 0.6 is 11.6 Å². The van der Waals surface area contributed by atoms with Crippen molar-refractivity contribution in [2.75, 3.05) is 18.0 Å². The Morgan fingerprint density at radius 1 is 0.912 bits per heavy atom. The molecule has 0 aliphatic rings. The van der Waals surface area contributed by atoms with Crippen LogP contribution in [0.2, 0.25) is 5.02 Å². The van der Waals surface area contributed by atoms with Crippen LogP contribution in [0.25, 0.3) is 22.3 Å². The number of amides is 1. The molecule has 1 aromatic heterocycles. The molecule has 1 amide bonds. The van der Waals surface area contributed by atoms with Crippen molar-refractivity contribution in [3.8, 4) is 11.4 Å². The predicted octanol–water partition coefficient (Wildman–Crippen LogP) is 5.91. The number of benzene rings is 3. The van der Waals surface area contributed by atoms with Crippen molar-refractivity contribution in [1.82, 2.24) is 15.3 Å². The number of hydrogen-bond donors (Lipinski definition) is 1. The molecule has 4 aromatic rings. The zero-order valence-electron chi connectivity index (χ0n) is 19.5. The minimum absolute atomic E-state index is 0.0380. The summed E-state index contributed by atoms with van der Waals surface area (Å²) >= 11 is 6.10. The largest absolute Gasteiger partial charge is 0.355 e. The summed E-state index contributed by atoms with van der Waals surface area (Å²) in [5.41, 5.74) is 3.01. The lowest BCUT2D eigenvalue weighted by Crippen LogP contribution is -2.35. The minimum Gasteiger partial charge on any atom is -0.355 e. The van der Waals surface area contributed by atoms with E-state index in [1.165, 1.54) is 5.56 Å². The number of carbonyl (C=O) groups is 1. The second-order valence-electron chi connectivity index (χ2n) is 8.59. The molecular formula is C28H29ClN4O. The number of carbonyl (C=O) groups excluding carboxylic acids is 1. The summed E-state index contributed by atoms with van der Waals surface area (Å²) < 4.78 is 0. The van der Waals surface area contributed by atoms with Gasteiger partial charge in [0.05, 0.1) is 5.52 Å². The standard InChI is InChI=1S/C28H29ClN4O/c1-20(2)30-26(34)17-19-33(18-16-21-8-4-3-5-9-21)28-24-10-6-7-11-25(24)31-27(32-28)22-12-14-23(29)15-13-22/h3-15,20H,16-19H2,1-2H3,(H,30,34). The molecule has 0 saturated carbocycles. The van der Waals surface area contributed by atoms with Gasteiger partial charge < -0.3 is 10.2 Å². The number of nitrogens with one attached hydrogen (secondary N) is 1. The third kappa shape index (κ3) is 6.12. The summed E-state index contributed by atoms with van der Waals surface area (Å²) in [7, 11) is 0. The molecule has 34 heavy (non-hydrogen) atoms. The quantitative estimate of drug-likeness (QED) is 0.329. The van der Waals surface area contributed by atoms with Crippen molar-refractivity contribution in [2.24, 2.45) is 0 Å². The Kier molecular flexibility index (Phi) is 7.76. The highest BCUT2D eigenvalue weighted by atomic mass is 35.5. The summed E-state index contributed by atoms with van der Waals surface area (Å²) in [4.78, 5) is 24.5. The van der Waals surface area contributed by atoms with E-state index in [9.17, 15) is 4.79 Å². The molecule has 3 aromatic carbocycles. The molecule has 0 spiro atoms. The molecule has 0 atom stereocenters. The van der Waals surface area contributed by atoms with Crippen molar-refractivity contribution < 1.29 is 4.79 Å². The van der Waals surface area contributed by atoms with Crippen molar-refractivity contribution in [1.29, 1.82) is 0 Å². The highest BCUT2D eigenvalue weighted by Gasteiger charge is 2.17. The van der Waals surface area contributed by atoms with Gasteiger partial charge in [0.2, 0.25) is 5.91 Å². The number of fused-ring (bicyclic) bond motifs is 1. The Morgan fingerprint density at radius 2 is 1.62 bits per heavy atom. The average molecular weight is 473 g/mol. The zero-order chi connectivity index (χ0) is 23.9. The van der Waals surface area contributed by atoms with Crippen LogP contribution in [0.4, 0.5) is 5.82 Å². The second kappa shape index (κ2) is 11.1. The first kappa shape index (κ1) is 23.7. The van der Waals surface area contributed by atoms with Crippen LogP contribution in [-0.4, -0.2) is 35.0 Å². The second-order valence-corrected chi connectivity index (χ2v) is 9.03. The molecule has 0 fully saturated rings. The third-order valence-corrected chi connectivity index (χ3v) is 5.81. The van der Waals surface area contributed by atoms with Crippen molar-refractivity contribution in [3.05, 3.63) is 89.4 Å². The average Bonchev–Trinajstić information content (AvgIpc) is 2.84. The van der Waals surface area contributed by atoms with Gasteiger partial charge in [-0.2, -0.15) is 0 Å². The number of nitrogens with zero attached hydrogens (tertiary/aromatic N) is 3. The number of anilines is 1. The van der Waals surface area contributed by atoms with E-state index in [4.69, 9.17) is 21.6 Å². The van der Waals surface area contributed by atoms with E-state index in [0.717, 1.165) is 35.2 Å². The SMILES string of the molecule is CC(C)NC(=O)CCN(CCc1ccccc1)c1nc(-c2ccc(Cl)cc2)nc2ccccc12. The molecule has 0 aliphatic carbocycles. The van der Waals surface area contributed by atoms with Gasteiger partial charge >= 0.3 is 0 Å². The van der Waals surface area contributed by atoms with Crippen LogP contribution in [0, 0.1) is 0 Å². The molecular weight excluding hydrogens is 444 g/mol. The minimum atomic E-state index is 0.0380. The van der Waals surface area contributed by atoms with Gasteiger partial charge in [0.15, 0.2) is 5.82 Å². The van der Waals surface area contributed by atoms with E-state index < -0.39 is 0 Å². The Labute approximate surface area is 205 Å². The van der Waals surface area contributed by atoms with Crippen LogP contribution in [0.5, 0.6) is 0 Å². The van der Waals surface area contributed by atoms with E-state index in [-0.39, 0.29) is 11.9 Å². The molecule has 1 N–H and O–H groups in total. The van der Waals surface area contributed by atoms with Crippen LogP contribution in [0.3, 0.4) is 0 Å². The topological polar surface area (TPSA) is 58.1 Å². The molecule has 0 aliphatic heterocycles. The first-order chi connectivity index (χ1) is 16.5. The van der Waals surface area contributed by atoms with Crippen molar-refractivity contribution >= 4 is 34.2 Å². The van der Waals surface area contributed by atoms with Crippen LogP contribution in [0.1, 0.15) is 25.8 Å². The first-order valence-corrected chi connectivity index (χ1v) is 12.0. The van der Waals surface area contributed by atoms with E-state index in [0.29, 0.717) is 23.8 Å². The fourth-order valence-electron chi connectivity index (χ4n) is 3.89. The van der Waals surface area contributed by atoms with Gasteiger partial charge in [-0.1, -0.05) is 54.1 Å². The Balaban J connectivity index is 1.71. The summed E-state index contributed by atoms with van der Waals surface area (Å²) in [6.45, 7) is 5.25. The number of aromatic nitrogens is 2. The zero-order valence-corrected chi connectivity index (χ0v) is 20.3. The maximum atomic E-state index is 12.5. The summed E-state index contributed by atoms with van der Waals surface area (Å²) in [5, 5.41) is 4.63. The number of hydrogen-bond acceptors (Lipinski definition) is 4. The van der Waals surface area contributed by atoms with Crippen molar-refractivity contribution in [3.63, 3.8) is 0 Å². The molecule has 5 nitrogen and oxygen atoms in total. The molecule has 0 saturated heterocycles. The normalized spacial score (nSPS) is 11.1. The van der Waals surface area contributed by atoms with Gasteiger partial charge in [0, 0.05) is 41.5 Å². The maximum absolute atomic E-state index is 12.5. The Hall–Kier alpha value is -3.44. The van der Waals surface area contributed by atoms with Gasteiger partial charge in [0.1, 0.15) is 5.82 Å². The molecule has 6 heteroatoms. The van der Waals surface area contributed by atoms with Crippen molar-refractivity contribution in [2.45, 2.75) is 32.7 Å². The summed E-state index contributed by atoms with van der Waals surface area (Å²) in [6.07, 6.45) is 1.24. The lowest BCUT2D eigenvalue weighted by molar-refractivity contribution is -0.121. The van der Waals surface area contributed by atoms with Gasteiger partial charge in [-0.15, -0.1) is 0 Å². The number of para-hydroxylation sites is 1. The third-order valence-electron chi connectivity index (χ3n) is 5.56. The molecule has 1 heterocycles. The Morgan fingerprint density at radius 3 is 2.35 bits per heavy atom. The lowest BCUT2D eigenvalue weighted by Gasteiger charge is -2.26. The van der Waals surface area contributed by atoms with Crippen LogP contribution in [-0.2, 0) is 11.2 Å². The molecule has 174 valence electrons. The molecule has 4 rings (SSSR count). The fraction of sp³-hybridized carbons (Fsp3) is 0.250. The monoisotopic (exact) mass is 472 g/mol. The molecule has 0 bridgehead atoms. The Bertz CT molecular complexity index is 1240. The lowest BCUT2D eigenvalue weighted by atomic mass is 10.1. The van der Waals surface area contributed by atoms with Gasteiger partial charge in [0.25, 0.3) is 0 Å². The number of halogens is 1. The fourth-order valence-corrected chi connectivity index (χ4v) is 4.02. The number of rotatable bonds is 9. The first-order valence-electron chi connectivity index (χ1n) is 11.6. The van der Waals surface area contributed by atoms with Gasteiger partial charge in [-0.05, 0) is 62.2 Å². The molecule has 0 unspecified atom stereocenters. The smallest absolute Gasteiger partial charge is 0.221 e. The van der Waals surface area contributed by atoms with E-state index in [1.54, 1.807) is 0 Å². The molecule has 0 radical (unpaired) electrons. The maximum Gasteiger partial charge on any atom is 0.221 e. The van der Waals surface area contributed by atoms with E-state index >= 15 is 0 Å². The highest BCUT2D eigenvalue weighted by Crippen LogP contribution is 2.28. The van der Waals surface area contributed by atoms with E-state index in [1.807, 2.05) is 68.4 Å². The predicted molar refractivity (Wildman–Crippen MR) is 140 cm³/mol. The van der Waals surface area contributed by atoms with E-state index in [2.05, 4.69) is 34.5 Å². The van der Waals surface area contributed by atoms with Gasteiger partial charge in [-0.25, -0.2) is 9.97 Å². The highest BCUT2D eigenvalue weighted by molar-refractivity contribution is 6.30.